The average Bonchev–Trinajstić information content (AvgIpc) is 3.49. The summed E-state index contributed by atoms with van der Waals surface area (Å²) in [4.78, 5) is 25.2. The van der Waals surface area contributed by atoms with Gasteiger partial charge in [-0.1, -0.05) is 29.5 Å². The highest BCUT2D eigenvalue weighted by molar-refractivity contribution is 7.17. The highest BCUT2D eigenvalue weighted by atomic mass is 32.1. The molecule has 2 heterocycles. The molecule has 32 heavy (non-hydrogen) atoms. The van der Waals surface area contributed by atoms with Gasteiger partial charge in [-0.15, -0.1) is 10.2 Å². The SMILES string of the molecule is COc1ccc(NC(=O)c2cccn2-c2nnc(NC(=O)c3ccccc3)s2)cc1OC. The molecule has 0 atom stereocenters. The van der Waals surface area contributed by atoms with Crippen LogP contribution >= 0.6 is 11.3 Å². The van der Waals surface area contributed by atoms with Crippen molar-refractivity contribution in [2.24, 2.45) is 0 Å². The van der Waals surface area contributed by atoms with Crippen LogP contribution < -0.4 is 20.1 Å². The van der Waals surface area contributed by atoms with Gasteiger partial charge in [0.2, 0.25) is 10.3 Å². The summed E-state index contributed by atoms with van der Waals surface area (Å²) in [7, 11) is 3.07. The van der Waals surface area contributed by atoms with Crippen molar-refractivity contribution in [1.29, 1.82) is 0 Å². The largest absolute Gasteiger partial charge is 0.493 e. The second-order valence-electron chi connectivity index (χ2n) is 6.50. The van der Waals surface area contributed by atoms with Gasteiger partial charge in [0, 0.05) is 23.5 Å². The van der Waals surface area contributed by atoms with Gasteiger partial charge >= 0.3 is 0 Å². The Morgan fingerprint density at radius 3 is 2.41 bits per heavy atom. The molecular weight excluding hydrogens is 430 g/mol. The molecule has 9 nitrogen and oxygen atoms in total. The van der Waals surface area contributed by atoms with E-state index in [2.05, 4.69) is 20.8 Å². The Balaban J connectivity index is 1.50. The molecule has 0 aliphatic carbocycles. The molecule has 0 spiro atoms. The Kier molecular flexibility index (Phi) is 6.13. The Labute approximate surface area is 187 Å². The fourth-order valence-electron chi connectivity index (χ4n) is 2.96. The molecule has 2 N–H and O–H groups in total. The van der Waals surface area contributed by atoms with E-state index in [1.54, 1.807) is 72.5 Å². The fourth-order valence-corrected chi connectivity index (χ4v) is 3.70. The molecule has 0 aliphatic rings. The van der Waals surface area contributed by atoms with E-state index in [0.717, 1.165) is 11.3 Å². The van der Waals surface area contributed by atoms with Gasteiger partial charge < -0.3 is 14.8 Å². The number of nitrogens with zero attached hydrogens (tertiary/aromatic N) is 3. The number of benzene rings is 2. The lowest BCUT2D eigenvalue weighted by molar-refractivity contribution is 0.101. The lowest BCUT2D eigenvalue weighted by Crippen LogP contribution is -2.16. The molecule has 162 valence electrons. The van der Waals surface area contributed by atoms with E-state index in [0.29, 0.717) is 38.7 Å². The zero-order chi connectivity index (χ0) is 22.5. The van der Waals surface area contributed by atoms with Crippen LogP contribution in [0.3, 0.4) is 0 Å². The van der Waals surface area contributed by atoms with Crippen molar-refractivity contribution in [3.63, 3.8) is 0 Å². The number of ether oxygens (including phenoxy) is 2. The van der Waals surface area contributed by atoms with E-state index in [1.807, 2.05) is 6.07 Å². The molecule has 2 amide bonds. The van der Waals surface area contributed by atoms with Crippen molar-refractivity contribution < 1.29 is 19.1 Å². The summed E-state index contributed by atoms with van der Waals surface area (Å²) in [6.07, 6.45) is 1.70. The van der Waals surface area contributed by atoms with Gasteiger partial charge in [0.15, 0.2) is 11.5 Å². The highest BCUT2D eigenvalue weighted by Gasteiger charge is 2.17. The van der Waals surface area contributed by atoms with Crippen LogP contribution in [0.2, 0.25) is 0 Å². The first kappa shape index (κ1) is 21.1. The molecule has 2 aromatic heterocycles. The first-order valence-corrected chi connectivity index (χ1v) is 10.3. The lowest BCUT2D eigenvalue weighted by Gasteiger charge is -2.11. The maximum atomic E-state index is 12.9. The molecule has 10 heteroatoms. The van der Waals surface area contributed by atoms with E-state index < -0.39 is 0 Å². The normalized spacial score (nSPS) is 10.4. The standard InChI is InChI=1S/C22H19N5O4S/c1-30-17-11-10-15(13-18(17)31-2)23-20(29)16-9-6-12-27(16)22-26-25-21(32-22)24-19(28)14-7-4-3-5-8-14/h3-13H,1-2H3,(H,23,29)(H,24,25,28). The van der Waals surface area contributed by atoms with Crippen molar-refractivity contribution in [2.45, 2.75) is 0 Å². The Morgan fingerprint density at radius 1 is 0.875 bits per heavy atom. The fraction of sp³-hybridized carbons (Fsp3) is 0.0909. The van der Waals surface area contributed by atoms with Gasteiger partial charge in [0.05, 0.1) is 14.2 Å². The van der Waals surface area contributed by atoms with Gasteiger partial charge in [-0.2, -0.15) is 0 Å². The third-order valence-electron chi connectivity index (χ3n) is 4.50. The first-order valence-electron chi connectivity index (χ1n) is 9.50. The number of methoxy groups -OCH3 is 2. The van der Waals surface area contributed by atoms with Crippen molar-refractivity contribution in [1.82, 2.24) is 14.8 Å². The predicted octanol–water partition coefficient (Wildman–Crippen LogP) is 3.85. The van der Waals surface area contributed by atoms with Gasteiger partial charge in [-0.05, 0) is 36.4 Å². The maximum Gasteiger partial charge on any atom is 0.272 e. The number of hydrogen-bond acceptors (Lipinski definition) is 7. The van der Waals surface area contributed by atoms with Crippen LogP contribution in [0.4, 0.5) is 10.8 Å². The Hall–Kier alpha value is -4.18. The molecule has 0 fully saturated rings. The third kappa shape index (κ3) is 4.44. The first-order chi connectivity index (χ1) is 15.6. The molecule has 0 saturated heterocycles. The molecular formula is C22H19N5O4S. The van der Waals surface area contributed by atoms with Crippen LogP contribution in [-0.4, -0.2) is 40.8 Å². The topological polar surface area (TPSA) is 107 Å². The molecule has 0 aliphatic heterocycles. The second kappa shape index (κ2) is 9.31. The molecule has 0 saturated carbocycles. The Bertz CT molecular complexity index is 1250. The number of nitrogens with one attached hydrogen (secondary N) is 2. The summed E-state index contributed by atoms with van der Waals surface area (Å²) in [6, 6.07) is 17.3. The Morgan fingerprint density at radius 2 is 1.66 bits per heavy atom. The minimum atomic E-state index is -0.340. The van der Waals surface area contributed by atoms with Crippen molar-refractivity contribution in [3.05, 3.63) is 78.1 Å². The zero-order valence-electron chi connectivity index (χ0n) is 17.2. The van der Waals surface area contributed by atoms with E-state index in [9.17, 15) is 9.59 Å². The van der Waals surface area contributed by atoms with E-state index in [-0.39, 0.29) is 11.8 Å². The average molecular weight is 449 g/mol. The number of rotatable bonds is 7. The third-order valence-corrected chi connectivity index (χ3v) is 5.34. The minimum absolute atomic E-state index is 0.285. The van der Waals surface area contributed by atoms with Gasteiger partial charge in [0.1, 0.15) is 5.69 Å². The summed E-state index contributed by atoms with van der Waals surface area (Å²) >= 11 is 1.15. The van der Waals surface area contributed by atoms with Crippen LogP contribution in [0.1, 0.15) is 20.8 Å². The van der Waals surface area contributed by atoms with E-state index in [4.69, 9.17) is 9.47 Å². The molecule has 4 aromatic rings. The van der Waals surface area contributed by atoms with Crippen LogP contribution in [-0.2, 0) is 0 Å². The van der Waals surface area contributed by atoms with Crippen LogP contribution in [0.5, 0.6) is 11.5 Å². The lowest BCUT2D eigenvalue weighted by atomic mass is 10.2. The summed E-state index contributed by atoms with van der Waals surface area (Å²) < 4.78 is 12.1. The molecule has 0 bridgehead atoms. The monoisotopic (exact) mass is 449 g/mol. The quantitative estimate of drug-likeness (QED) is 0.444. The van der Waals surface area contributed by atoms with E-state index in [1.165, 1.54) is 7.11 Å². The summed E-state index contributed by atoms with van der Waals surface area (Å²) in [5.41, 5.74) is 1.42. The molecule has 0 unspecified atom stereocenters. The van der Waals surface area contributed by atoms with Gasteiger partial charge in [-0.3, -0.25) is 19.5 Å². The summed E-state index contributed by atoms with van der Waals surface area (Å²) in [6.45, 7) is 0. The summed E-state index contributed by atoms with van der Waals surface area (Å²) in [5, 5.41) is 14.4. The number of carbonyl (C=O) groups is 2. The maximum absolute atomic E-state index is 12.9. The van der Waals surface area contributed by atoms with Gasteiger partial charge in [0.25, 0.3) is 11.8 Å². The molecule has 4 rings (SSSR count). The second-order valence-corrected chi connectivity index (χ2v) is 7.45. The van der Waals surface area contributed by atoms with Crippen LogP contribution in [0.15, 0.2) is 66.9 Å². The number of hydrogen-bond donors (Lipinski definition) is 2. The predicted molar refractivity (Wildman–Crippen MR) is 121 cm³/mol. The number of anilines is 2. The number of aromatic nitrogens is 3. The highest BCUT2D eigenvalue weighted by Crippen LogP contribution is 2.30. The molecule has 0 radical (unpaired) electrons. The van der Waals surface area contributed by atoms with Crippen LogP contribution in [0, 0.1) is 0 Å². The number of carbonyl (C=O) groups excluding carboxylic acids is 2. The smallest absolute Gasteiger partial charge is 0.272 e. The van der Waals surface area contributed by atoms with Crippen molar-refractivity contribution >= 4 is 34.0 Å². The minimum Gasteiger partial charge on any atom is -0.493 e. The van der Waals surface area contributed by atoms with Crippen molar-refractivity contribution in [2.75, 3.05) is 24.9 Å². The van der Waals surface area contributed by atoms with Gasteiger partial charge in [-0.25, -0.2) is 0 Å². The molecule has 2 aromatic carbocycles. The van der Waals surface area contributed by atoms with Crippen LogP contribution in [0.25, 0.3) is 5.13 Å². The van der Waals surface area contributed by atoms with E-state index >= 15 is 0 Å². The zero-order valence-corrected chi connectivity index (χ0v) is 18.1. The summed E-state index contributed by atoms with van der Waals surface area (Å²) in [5.74, 6) is 0.441. The number of amides is 2. The van der Waals surface area contributed by atoms with Crippen molar-refractivity contribution in [3.8, 4) is 16.6 Å².